The molecule has 1 N–H and O–H groups in total. The van der Waals surface area contributed by atoms with Crippen LogP contribution in [0.1, 0.15) is 43.5 Å². The maximum Gasteiger partial charge on any atom is 0.335 e. The molecule has 1 aromatic rings. The molecule has 0 aromatic heterocycles. The van der Waals surface area contributed by atoms with E-state index in [0.29, 0.717) is 27.8 Å². The van der Waals surface area contributed by atoms with Crippen LogP contribution in [0.4, 0.5) is 0 Å². The minimum Gasteiger partial charge on any atom is -0.493 e. The number of benzene rings is 1. The molecule has 21 heavy (non-hydrogen) atoms. The van der Waals surface area contributed by atoms with Gasteiger partial charge in [0.25, 0.3) is 0 Å². The van der Waals surface area contributed by atoms with E-state index in [1.807, 2.05) is 0 Å². The number of rotatable bonds is 4. The molecule has 2 unspecified atom stereocenters. The number of methoxy groups -OCH3 is 1. The Balaban J connectivity index is 2.25. The van der Waals surface area contributed by atoms with E-state index >= 15 is 0 Å². The maximum absolute atomic E-state index is 11.1. The Bertz CT molecular complexity index is 519. The Labute approximate surface area is 133 Å². The molecule has 0 radical (unpaired) electrons. The molecule has 1 aromatic carbocycles. The van der Waals surface area contributed by atoms with Crippen molar-refractivity contribution in [3.05, 3.63) is 22.2 Å². The average Bonchev–Trinajstić information content (AvgIpc) is 2.39. The first-order valence-electron chi connectivity index (χ1n) is 7.18. The molecule has 2 rings (SSSR count). The summed E-state index contributed by atoms with van der Waals surface area (Å²) in [5.74, 6) is 1.34. The summed E-state index contributed by atoms with van der Waals surface area (Å²) in [5, 5.41) is 9.09. The van der Waals surface area contributed by atoms with Crippen LogP contribution in [-0.2, 0) is 0 Å². The zero-order chi connectivity index (χ0) is 15.6. The molecule has 1 aliphatic rings. The third-order valence-corrected chi connectivity index (χ3v) is 4.49. The molecule has 1 saturated carbocycles. The van der Waals surface area contributed by atoms with Crippen molar-refractivity contribution in [1.29, 1.82) is 0 Å². The average molecular weight is 357 g/mol. The molecule has 0 aliphatic heterocycles. The molecule has 1 fully saturated rings. The fraction of sp³-hybridized carbons (Fsp3) is 0.562. The molecular weight excluding hydrogens is 336 g/mol. The molecular formula is C16H21BrO4. The minimum atomic E-state index is -0.986. The molecule has 1 aliphatic carbocycles. The third-order valence-electron chi connectivity index (χ3n) is 3.90. The lowest BCUT2D eigenvalue weighted by Crippen LogP contribution is -2.28. The summed E-state index contributed by atoms with van der Waals surface area (Å²) in [6, 6.07) is 3.05. The highest BCUT2D eigenvalue weighted by atomic mass is 79.9. The van der Waals surface area contributed by atoms with Crippen molar-refractivity contribution in [1.82, 2.24) is 0 Å². The first kappa shape index (κ1) is 16.1. The summed E-state index contributed by atoms with van der Waals surface area (Å²) in [7, 11) is 1.52. The van der Waals surface area contributed by atoms with Gasteiger partial charge in [0.1, 0.15) is 0 Å². The van der Waals surface area contributed by atoms with Gasteiger partial charge in [0, 0.05) is 0 Å². The number of hydrogen-bond acceptors (Lipinski definition) is 3. The Kier molecular flexibility index (Phi) is 5.14. The van der Waals surface area contributed by atoms with E-state index in [2.05, 4.69) is 29.8 Å². The minimum absolute atomic E-state index is 0.143. The standard InChI is InChI=1S/C16H21BrO4/c1-9-4-10(2)6-12(5-9)21-15-13(17)7-11(16(18)19)8-14(15)20-3/h7-10,12H,4-6H2,1-3H3,(H,18,19). The topological polar surface area (TPSA) is 55.8 Å². The van der Waals surface area contributed by atoms with Crippen LogP contribution in [0.5, 0.6) is 11.5 Å². The lowest BCUT2D eigenvalue weighted by atomic mass is 9.82. The first-order chi connectivity index (χ1) is 9.90. The predicted molar refractivity (Wildman–Crippen MR) is 84.2 cm³/mol. The highest BCUT2D eigenvalue weighted by Crippen LogP contribution is 2.40. The first-order valence-corrected chi connectivity index (χ1v) is 7.97. The van der Waals surface area contributed by atoms with Crippen LogP contribution in [0.3, 0.4) is 0 Å². The van der Waals surface area contributed by atoms with Crippen LogP contribution >= 0.6 is 15.9 Å². The molecule has 0 heterocycles. The summed E-state index contributed by atoms with van der Waals surface area (Å²) in [6.45, 7) is 4.48. The normalized spacial score (nSPS) is 25.4. The fourth-order valence-electron chi connectivity index (χ4n) is 3.09. The number of carboxylic acids is 1. The molecule has 4 nitrogen and oxygen atoms in total. The van der Waals surface area contributed by atoms with Crippen molar-refractivity contribution in [3.63, 3.8) is 0 Å². The van der Waals surface area contributed by atoms with Crippen molar-refractivity contribution in [2.75, 3.05) is 7.11 Å². The highest BCUT2D eigenvalue weighted by Gasteiger charge is 2.27. The van der Waals surface area contributed by atoms with E-state index in [4.69, 9.17) is 14.6 Å². The van der Waals surface area contributed by atoms with Gasteiger partial charge >= 0.3 is 5.97 Å². The summed E-state index contributed by atoms with van der Waals surface area (Å²) >= 11 is 3.40. The number of carboxylic acid groups (broad SMARTS) is 1. The Morgan fingerprint density at radius 3 is 2.38 bits per heavy atom. The second kappa shape index (κ2) is 6.69. The van der Waals surface area contributed by atoms with Gasteiger partial charge in [-0.15, -0.1) is 0 Å². The number of halogens is 1. The number of ether oxygens (including phenoxy) is 2. The van der Waals surface area contributed by atoms with Gasteiger partial charge in [0.15, 0.2) is 11.5 Å². The van der Waals surface area contributed by atoms with E-state index in [-0.39, 0.29) is 11.7 Å². The van der Waals surface area contributed by atoms with E-state index in [9.17, 15) is 4.79 Å². The van der Waals surface area contributed by atoms with Crippen LogP contribution in [0, 0.1) is 11.8 Å². The van der Waals surface area contributed by atoms with Crippen molar-refractivity contribution < 1.29 is 19.4 Å². The van der Waals surface area contributed by atoms with Crippen LogP contribution < -0.4 is 9.47 Å². The largest absolute Gasteiger partial charge is 0.493 e. The summed E-state index contributed by atoms with van der Waals surface area (Å²) < 4.78 is 12.0. The third kappa shape index (κ3) is 3.90. The summed E-state index contributed by atoms with van der Waals surface area (Å²) in [4.78, 5) is 11.1. The summed E-state index contributed by atoms with van der Waals surface area (Å²) in [6.07, 6.45) is 3.40. The van der Waals surface area contributed by atoms with Crippen LogP contribution in [-0.4, -0.2) is 24.3 Å². The van der Waals surface area contributed by atoms with Gasteiger partial charge in [-0.3, -0.25) is 0 Å². The smallest absolute Gasteiger partial charge is 0.335 e. The van der Waals surface area contributed by atoms with Gasteiger partial charge in [0.05, 0.1) is 23.2 Å². The van der Waals surface area contributed by atoms with Gasteiger partial charge in [-0.2, -0.15) is 0 Å². The number of hydrogen-bond donors (Lipinski definition) is 1. The van der Waals surface area contributed by atoms with Crippen LogP contribution in [0.15, 0.2) is 16.6 Å². The van der Waals surface area contributed by atoms with E-state index < -0.39 is 5.97 Å². The van der Waals surface area contributed by atoms with E-state index in [0.717, 1.165) is 12.8 Å². The van der Waals surface area contributed by atoms with Gasteiger partial charge in [-0.25, -0.2) is 4.79 Å². The Morgan fingerprint density at radius 1 is 1.24 bits per heavy atom. The van der Waals surface area contributed by atoms with Gasteiger partial charge in [-0.05, 0) is 59.2 Å². The second-order valence-electron chi connectivity index (χ2n) is 5.95. The lowest BCUT2D eigenvalue weighted by Gasteiger charge is -2.32. The van der Waals surface area contributed by atoms with Crippen molar-refractivity contribution >= 4 is 21.9 Å². The highest BCUT2D eigenvalue weighted by molar-refractivity contribution is 9.10. The van der Waals surface area contributed by atoms with Gasteiger partial charge in [0.2, 0.25) is 0 Å². The fourth-order valence-corrected chi connectivity index (χ4v) is 3.63. The van der Waals surface area contributed by atoms with Gasteiger partial charge in [-0.1, -0.05) is 13.8 Å². The zero-order valence-electron chi connectivity index (χ0n) is 12.6. The number of aromatic carboxylic acids is 1. The molecule has 5 heteroatoms. The maximum atomic E-state index is 11.1. The molecule has 0 spiro atoms. The van der Waals surface area contributed by atoms with Gasteiger partial charge < -0.3 is 14.6 Å². The van der Waals surface area contributed by atoms with Crippen molar-refractivity contribution in [2.45, 2.75) is 39.2 Å². The van der Waals surface area contributed by atoms with Crippen LogP contribution in [0.2, 0.25) is 0 Å². The predicted octanol–water partition coefficient (Wildman–Crippen LogP) is 4.36. The van der Waals surface area contributed by atoms with E-state index in [1.165, 1.54) is 19.6 Å². The van der Waals surface area contributed by atoms with E-state index in [1.54, 1.807) is 6.07 Å². The molecule has 0 amide bonds. The van der Waals surface area contributed by atoms with Crippen LogP contribution in [0.25, 0.3) is 0 Å². The monoisotopic (exact) mass is 356 g/mol. The summed E-state index contributed by atoms with van der Waals surface area (Å²) in [5.41, 5.74) is 0.177. The zero-order valence-corrected chi connectivity index (χ0v) is 14.1. The Hall–Kier alpha value is -1.23. The molecule has 0 bridgehead atoms. The SMILES string of the molecule is COc1cc(C(=O)O)cc(Br)c1OC1CC(C)CC(C)C1. The lowest BCUT2D eigenvalue weighted by molar-refractivity contribution is 0.0696. The second-order valence-corrected chi connectivity index (χ2v) is 6.81. The quantitative estimate of drug-likeness (QED) is 0.870. The molecule has 116 valence electrons. The molecule has 0 saturated heterocycles. The van der Waals surface area contributed by atoms with Crippen molar-refractivity contribution in [3.8, 4) is 11.5 Å². The number of carbonyl (C=O) groups is 1. The molecule has 2 atom stereocenters. The van der Waals surface area contributed by atoms with Crippen molar-refractivity contribution in [2.24, 2.45) is 11.8 Å². The Morgan fingerprint density at radius 2 is 1.86 bits per heavy atom.